The average molecular weight is 522 g/mol. The normalized spacial score (nSPS) is 13.6. The minimum Gasteiger partial charge on any atom is -0.355 e. The summed E-state index contributed by atoms with van der Waals surface area (Å²) in [6.45, 7) is 0. The SMILES string of the molecule is FC(F)(F)c1cc(C2=Cc3cc4ccc(cc5ccc(cc6nc(cc2n3)C=C6)[nH]5)[nH]4)cc(C(F)(F)F)c1. The van der Waals surface area contributed by atoms with Crippen molar-refractivity contribution in [2.75, 3.05) is 0 Å². The molecule has 6 rings (SSSR count). The molecular weight excluding hydrogens is 506 g/mol. The number of H-pyrrole nitrogens is 2. The molecule has 0 fully saturated rings. The molecule has 0 saturated carbocycles. The number of hydrogen-bond donors (Lipinski definition) is 2. The molecule has 0 atom stereocenters. The summed E-state index contributed by atoms with van der Waals surface area (Å²) in [6, 6.07) is 15.9. The Balaban J connectivity index is 1.62. The second-order valence-electron chi connectivity index (χ2n) is 8.88. The first-order valence-electron chi connectivity index (χ1n) is 11.4. The first-order valence-corrected chi connectivity index (χ1v) is 11.4. The van der Waals surface area contributed by atoms with E-state index < -0.39 is 23.5 Å². The van der Waals surface area contributed by atoms with Gasteiger partial charge in [0.15, 0.2) is 0 Å². The number of alkyl halides is 6. The largest absolute Gasteiger partial charge is 0.416 e. The first kappa shape index (κ1) is 23.8. The van der Waals surface area contributed by atoms with E-state index >= 15 is 0 Å². The maximum atomic E-state index is 13.5. The zero-order chi connectivity index (χ0) is 26.7. The quantitative estimate of drug-likeness (QED) is 0.214. The van der Waals surface area contributed by atoms with Gasteiger partial charge in [0.2, 0.25) is 0 Å². The Hall–Kier alpha value is -4.60. The topological polar surface area (TPSA) is 57.4 Å². The predicted molar refractivity (Wildman–Crippen MR) is 133 cm³/mol. The van der Waals surface area contributed by atoms with E-state index in [9.17, 15) is 26.3 Å². The smallest absolute Gasteiger partial charge is 0.355 e. The number of halogens is 6. The maximum absolute atomic E-state index is 13.5. The van der Waals surface area contributed by atoms with Crippen LogP contribution in [0.25, 0.3) is 45.9 Å². The number of benzene rings is 1. The lowest BCUT2D eigenvalue weighted by Crippen LogP contribution is -2.11. The third-order valence-electron chi connectivity index (χ3n) is 6.06. The second kappa shape index (κ2) is 8.47. The van der Waals surface area contributed by atoms with Gasteiger partial charge in [-0.2, -0.15) is 26.3 Å². The minimum atomic E-state index is -4.96. The predicted octanol–water partition coefficient (Wildman–Crippen LogP) is 8.11. The molecule has 3 aromatic heterocycles. The summed E-state index contributed by atoms with van der Waals surface area (Å²) >= 11 is 0. The summed E-state index contributed by atoms with van der Waals surface area (Å²) in [4.78, 5) is 15.5. The lowest BCUT2D eigenvalue weighted by Gasteiger charge is -2.14. The number of hydrogen-bond acceptors (Lipinski definition) is 2. The molecule has 0 amide bonds. The van der Waals surface area contributed by atoms with E-state index in [1.807, 2.05) is 30.3 Å². The van der Waals surface area contributed by atoms with Gasteiger partial charge in [-0.3, -0.25) is 0 Å². The van der Waals surface area contributed by atoms with Crippen molar-refractivity contribution in [3.63, 3.8) is 0 Å². The molecule has 190 valence electrons. The highest BCUT2D eigenvalue weighted by Crippen LogP contribution is 2.39. The zero-order valence-corrected chi connectivity index (χ0v) is 19.2. The van der Waals surface area contributed by atoms with Crippen molar-refractivity contribution in [1.82, 2.24) is 19.9 Å². The van der Waals surface area contributed by atoms with Gasteiger partial charge in [-0.05, 0) is 90.5 Å². The molecule has 4 nitrogen and oxygen atoms in total. The first-order chi connectivity index (χ1) is 18.0. The lowest BCUT2D eigenvalue weighted by atomic mass is 9.97. The van der Waals surface area contributed by atoms with Crippen LogP contribution in [0.3, 0.4) is 0 Å². The van der Waals surface area contributed by atoms with Crippen LogP contribution >= 0.6 is 0 Å². The van der Waals surface area contributed by atoms with E-state index in [4.69, 9.17) is 0 Å². The molecule has 2 aliphatic rings. The van der Waals surface area contributed by atoms with Crippen molar-refractivity contribution in [3.05, 3.63) is 106 Å². The standard InChI is InChI=1S/C28H16F6N4/c29-27(30,31)16-7-15(8-17(9-16)28(32,33)34)25-13-24-12-22-4-3-20(36-22)10-18-1-2-19(35-18)11-21-5-6-23(37-21)14-26(25)38-24/h1-14,35-36H. The van der Waals surface area contributed by atoms with Gasteiger partial charge in [-0.1, -0.05) is 0 Å². The molecule has 38 heavy (non-hydrogen) atoms. The summed E-state index contributed by atoms with van der Waals surface area (Å²) in [5.41, 5.74) is 1.84. The van der Waals surface area contributed by atoms with Crippen LogP contribution in [0.4, 0.5) is 26.3 Å². The van der Waals surface area contributed by atoms with Gasteiger partial charge >= 0.3 is 12.4 Å². The van der Waals surface area contributed by atoms with Crippen LogP contribution in [0.1, 0.15) is 39.5 Å². The zero-order valence-electron chi connectivity index (χ0n) is 19.2. The summed E-state index contributed by atoms with van der Waals surface area (Å²) in [5.74, 6) is 0. The van der Waals surface area contributed by atoms with Crippen LogP contribution in [0.15, 0.2) is 66.7 Å². The third-order valence-corrected chi connectivity index (χ3v) is 6.06. The molecule has 4 aromatic rings. The van der Waals surface area contributed by atoms with Crippen LogP contribution in [0.5, 0.6) is 0 Å². The van der Waals surface area contributed by atoms with E-state index in [1.165, 1.54) is 12.1 Å². The van der Waals surface area contributed by atoms with Crippen molar-refractivity contribution in [3.8, 4) is 0 Å². The highest BCUT2D eigenvalue weighted by atomic mass is 19.4. The number of fused-ring (bicyclic) bond motifs is 8. The fourth-order valence-corrected chi connectivity index (χ4v) is 4.36. The Morgan fingerprint density at radius 2 is 1.03 bits per heavy atom. The van der Waals surface area contributed by atoms with E-state index in [-0.39, 0.29) is 22.9 Å². The summed E-state index contributed by atoms with van der Waals surface area (Å²) in [5, 5.41) is 0. The van der Waals surface area contributed by atoms with E-state index in [0.717, 1.165) is 16.6 Å². The highest BCUT2D eigenvalue weighted by molar-refractivity contribution is 5.93. The molecule has 2 N–H and O–H groups in total. The van der Waals surface area contributed by atoms with Crippen LogP contribution in [0, 0.1) is 0 Å². The fourth-order valence-electron chi connectivity index (χ4n) is 4.36. The van der Waals surface area contributed by atoms with Gasteiger partial charge in [0.25, 0.3) is 0 Å². The van der Waals surface area contributed by atoms with Gasteiger partial charge in [0.1, 0.15) is 0 Å². The van der Waals surface area contributed by atoms with Crippen molar-refractivity contribution >= 4 is 45.9 Å². The molecule has 0 aliphatic carbocycles. The summed E-state index contributed by atoms with van der Waals surface area (Å²) in [7, 11) is 0. The number of rotatable bonds is 1. The summed E-state index contributed by atoms with van der Waals surface area (Å²) in [6.07, 6.45) is -5.00. The van der Waals surface area contributed by atoms with E-state index in [1.54, 1.807) is 24.3 Å². The van der Waals surface area contributed by atoms with Gasteiger partial charge < -0.3 is 9.97 Å². The lowest BCUT2D eigenvalue weighted by molar-refractivity contribution is -0.143. The van der Waals surface area contributed by atoms with Crippen LogP contribution in [-0.2, 0) is 12.4 Å². The third kappa shape index (κ3) is 4.72. The van der Waals surface area contributed by atoms with Gasteiger partial charge in [-0.15, -0.1) is 0 Å². The maximum Gasteiger partial charge on any atom is 0.416 e. The Labute approximate surface area is 211 Å². The van der Waals surface area contributed by atoms with Crippen molar-refractivity contribution in [2.24, 2.45) is 0 Å². The molecule has 0 saturated heterocycles. The monoisotopic (exact) mass is 522 g/mol. The number of nitrogens with one attached hydrogen (secondary N) is 2. The molecule has 0 radical (unpaired) electrons. The Bertz CT molecular complexity index is 1770. The molecule has 1 aromatic carbocycles. The average Bonchev–Trinajstić information content (AvgIpc) is 3.63. The summed E-state index contributed by atoms with van der Waals surface area (Å²) < 4.78 is 81.2. The van der Waals surface area contributed by atoms with Gasteiger partial charge in [-0.25, -0.2) is 9.97 Å². The molecule has 0 spiro atoms. The Morgan fingerprint density at radius 1 is 0.526 bits per heavy atom. The van der Waals surface area contributed by atoms with Crippen molar-refractivity contribution in [2.45, 2.75) is 12.4 Å². The molecule has 10 heteroatoms. The molecule has 0 unspecified atom stereocenters. The number of aromatic amines is 2. The van der Waals surface area contributed by atoms with Crippen molar-refractivity contribution in [1.29, 1.82) is 0 Å². The minimum absolute atomic E-state index is 0.113. The molecule has 5 heterocycles. The molecular formula is C28H16F6N4. The molecule has 8 bridgehead atoms. The van der Waals surface area contributed by atoms with Crippen LogP contribution in [0.2, 0.25) is 0 Å². The van der Waals surface area contributed by atoms with Crippen LogP contribution in [-0.4, -0.2) is 19.9 Å². The van der Waals surface area contributed by atoms with Crippen LogP contribution < -0.4 is 0 Å². The number of nitrogens with zero attached hydrogens (tertiary/aromatic N) is 2. The van der Waals surface area contributed by atoms with Gasteiger partial charge in [0.05, 0.1) is 33.9 Å². The van der Waals surface area contributed by atoms with E-state index in [0.29, 0.717) is 34.7 Å². The van der Waals surface area contributed by atoms with E-state index in [2.05, 4.69) is 19.9 Å². The molecule has 2 aliphatic heterocycles. The number of aromatic nitrogens is 4. The van der Waals surface area contributed by atoms with Gasteiger partial charge in [0, 0.05) is 27.6 Å². The second-order valence-corrected chi connectivity index (χ2v) is 8.88. The fraction of sp³-hybridized carbons (Fsp3) is 0.0714. The van der Waals surface area contributed by atoms with Crippen molar-refractivity contribution < 1.29 is 26.3 Å². The Kier molecular flexibility index (Phi) is 5.30. The Morgan fingerprint density at radius 3 is 1.58 bits per heavy atom. The highest BCUT2D eigenvalue weighted by Gasteiger charge is 2.37.